The number of benzene rings is 2. The van der Waals surface area contributed by atoms with Crippen LogP contribution in [0.5, 0.6) is 11.5 Å². The molecule has 0 aliphatic carbocycles. The zero-order valence-electron chi connectivity index (χ0n) is 20.4. The van der Waals surface area contributed by atoms with Gasteiger partial charge in [-0.3, -0.25) is 19.6 Å². The number of hydrogen-bond donors (Lipinski definition) is 1. The number of aryl methyl sites for hydroxylation is 4. The van der Waals surface area contributed by atoms with Gasteiger partial charge in [-0.2, -0.15) is 5.10 Å². The van der Waals surface area contributed by atoms with Gasteiger partial charge < -0.3 is 14.6 Å². The molecule has 4 aromatic rings. The molecule has 1 amide bonds. The minimum absolute atomic E-state index is 0.0414. The molecule has 0 spiro atoms. The van der Waals surface area contributed by atoms with E-state index in [9.17, 15) is 14.9 Å². The molecule has 0 bridgehead atoms. The smallest absolute Gasteiger partial charge is 0.278 e. The highest BCUT2D eigenvalue weighted by Gasteiger charge is 2.23. The van der Waals surface area contributed by atoms with Crippen molar-refractivity contribution in [2.45, 2.75) is 41.2 Å². The van der Waals surface area contributed by atoms with Gasteiger partial charge in [0, 0.05) is 17.7 Å². The van der Waals surface area contributed by atoms with Gasteiger partial charge in [-0.1, -0.05) is 28.9 Å². The number of rotatable bonds is 7. The summed E-state index contributed by atoms with van der Waals surface area (Å²) >= 11 is 6.25. The molecule has 0 aliphatic heterocycles. The first-order valence-corrected chi connectivity index (χ1v) is 11.4. The van der Waals surface area contributed by atoms with Gasteiger partial charge in [-0.15, -0.1) is 0 Å². The number of nitro benzene ring substituents is 1. The highest BCUT2D eigenvalue weighted by molar-refractivity contribution is 6.31. The fourth-order valence-corrected chi connectivity index (χ4v) is 3.82. The van der Waals surface area contributed by atoms with Crippen LogP contribution in [0.4, 0.5) is 11.4 Å². The Morgan fingerprint density at radius 1 is 1.17 bits per heavy atom. The summed E-state index contributed by atoms with van der Waals surface area (Å²) in [5, 5.41) is 23.1. The first kappa shape index (κ1) is 24.9. The van der Waals surface area contributed by atoms with Crippen LogP contribution in [0.25, 0.3) is 0 Å². The minimum Gasteiger partial charge on any atom is -0.457 e. The number of nitrogens with zero attached hydrogens (tertiary/aromatic N) is 4. The van der Waals surface area contributed by atoms with E-state index in [-0.39, 0.29) is 29.4 Å². The average Bonchev–Trinajstić information content (AvgIpc) is 3.30. The van der Waals surface area contributed by atoms with Crippen molar-refractivity contribution in [3.8, 4) is 11.5 Å². The predicted molar refractivity (Wildman–Crippen MR) is 134 cm³/mol. The molecule has 0 saturated carbocycles. The van der Waals surface area contributed by atoms with Gasteiger partial charge in [0.15, 0.2) is 5.69 Å². The summed E-state index contributed by atoms with van der Waals surface area (Å²) in [5.74, 6) is 0.627. The second-order valence-electron chi connectivity index (χ2n) is 8.51. The molecule has 10 nitrogen and oxygen atoms in total. The van der Waals surface area contributed by atoms with Gasteiger partial charge in [-0.25, -0.2) is 0 Å². The van der Waals surface area contributed by atoms with Crippen molar-refractivity contribution in [2.75, 3.05) is 5.32 Å². The van der Waals surface area contributed by atoms with Crippen molar-refractivity contribution in [2.24, 2.45) is 0 Å². The molecule has 0 unspecified atom stereocenters. The molecule has 11 heteroatoms. The third-order valence-electron chi connectivity index (χ3n) is 5.73. The van der Waals surface area contributed by atoms with Crippen LogP contribution in [0.2, 0.25) is 5.02 Å². The van der Waals surface area contributed by atoms with E-state index in [1.807, 2.05) is 39.0 Å². The highest BCUT2D eigenvalue weighted by atomic mass is 35.5. The van der Waals surface area contributed by atoms with Crippen LogP contribution in [0.1, 0.15) is 44.3 Å². The van der Waals surface area contributed by atoms with Crippen LogP contribution in [0, 0.1) is 44.7 Å². The van der Waals surface area contributed by atoms with Crippen molar-refractivity contribution in [3.05, 3.63) is 91.1 Å². The third kappa shape index (κ3) is 5.08. The summed E-state index contributed by atoms with van der Waals surface area (Å²) in [5.41, 5.74) is 3.76. The Bertz CT molecular complexity index is 1490. The lowest BCUT2D eigenvalue weighted by Crippen LogP contribution is -2.16. The molecule has 0 atom stereocenters. The normalized spacial score (nSPS) is 10.9. The molecule has 0 radical (unpaired) electrons. The average molecular weight is 510 g/mol. The zero-order chi connectivity index (χ0) is 26.1. The molecule has 2 aromatic heterocycles. The number of carbonyl (C=O) groups is 1. The summed E-state index contributed by atoms with van der Waals surface area (Å²) in [4.78, 5) is 24.1. The van der Waals surface area contributed by atoms with Crippen LogP contribution in [0.15, 0.2) is 40.9 Å². The number of nitrogens with one attached hydrogen (secondary N) is 1. The summed E-state index contributed by atoms with van der Waals surface area (Å²) in [7, 11) is 0. The second kappa shape index (κ2) is 9.82. The molecule has 4 rings (SSSR count). The summed E-state index contributed by atoms with van der Waals surface area (Å²) < 4.78 is 12.9. The van der Waals surface area contributed by atoms with E-state index in [0.29, 0.717) is 27.8 Å². The number of aromatic nitrogens is 3. The van der Waals surface area contributed by atoms with E-state index >= 15 is 0 Å². The molecular weight excluding hydrogens is 486 g/mol. The number of non-ortho nitro benzene ring substituents is 1. The molecule has 36 heavy (non-hydrogen) atoms. The predicted octanol–water partition coefficient (Wildman–Crippen LogP) is 6.07. The van der Waals surface area contributed by atoms with Crippen LogP contribution in [-0.2, 0) is 6.54 Å². The molecule has 2 aromatic carbocycles. The maximum Gasteiger partial charge on any atom is 0.278 e. The molecule has 0 saturated heterocycles. The van der Waals surface area contributed by atoms with Gasteiger partial charge in [-0.05, 0) is 51.8 Å². The number of carbonyl (C=O) groups excluding carboxylic acids is 1. The molecular formula is C25H24ClN5O5. The third-order valence-corrected chi connectivity index (χ3v) is 6.28. The van der Waals surface area contributed by atoms with Crippen molar-refractivity contribution >= 4 is 28.9 Å². The fraction of sp³-hybridized carbons (Fsp3) is 0.240. The zero-order valence-corrected chi connectivity index (χ0v) is 21.1. The van der Waals surface area contributed by atoms with Crippen LogP contribution < -0.4 is 10.1 Å². The first-order valence-electron chi connectivity index (χ1n) is 11.0. The maximum atomic E-state index is 13.1. The van der Waals surface area contributed by atoms with Crippen LogP contribution in [-0.4, -0.2) is 25.8 Å². The van der Waals surface area contributed by atoms with Crippen molar-refractivity contribution in [3.63, 3.8) is 0 Å². The van der Waals surface area contributed by atoms with Gasteiger partial charge >= 0.3 is 0 Å². The van der Waals surface area contributed by atoms with Crippen molar-refractivity contribution in [1.82, 2.24) is 14.9 Å². The van der Waals surface area contributed by atoms with Gasteiger partial charge in [0.1, 0.15) is 17.3 Å². The number of nitro groups is 1. The highest BCUT2D eigenvalue weighted by Crippen LogP contribution is 2.32. The standard InChI is InChI=1S/C25H24ClN5O5/c1-13-6-7-14(2)22(8-13)35-20-10-18(9-19(11-20)31(33)34)27-25(32)24-21(17(5)36-29-24)12-30-16(4)23(26)15(3)28-30/h6-11H,12H2,1-5H3,(H,27,32). The maximum absolute atomic E-state index is 13.1. The summed E-state index contributed by atoms with van der Waals surface area (Å²) in [6.45, 7) is 9.32. The van der Waals surface area contributed by atoms with Crippen molar-refractivity contribution < 1.29 is 19.0 Å². The van der Waals surface area contributed by atoms with Gasteiger partial charge in [0.25, 0.3) is 11.6 Å². The second-order valence-corrected chi connectivity index (χ2v) is 8.88. The Balaban J connectivity index is 1.63. The lowest BCUT2D eigenvalue weighted by molar-refractivity contribution is -0.384. The van der Waals surface area contributed by atoms with Gasteiger partial charge in [0.05, 0.1) is 39.6 Å². The monoisotopic (exact) mass is 509 g/mol. The van der Waals surface area contributed by atoms with Crippen LogP contribution >= 0.6 is 11.6 Å². The lowest BCUT2D eigenvalue weighted by Gasteiger charge is -2.12. The Hall–Kier alpha value is -4.18. The Labute approximate surface area is 212 Å². The summed E-state index contributed by atoms with van der Waals surface area (Å²) in [6, 6.07) is 9.74. The van der Waals surface area contributed by atoms with E-state index < -0.39 is 10.8 Å². The molecule has 2 heterocycles. The van der Waals surface area contributed by atoms with E-state index in [4.69, 9.17) is 20.9 Å². The topological polar surface area (TPSA) is 125 Å². The van der Waals surface area contributed by atoms with E-state index in [2.05, 4.69) is 15.6 Å². The van der Waals surface area contributed by atoms with E-state index in [0.717, 1.165) is 16.8 Å². The van der Waals surface area contributed by atoms with E-state index in [1.165, 1.54) is 18.2 Å². The number of hydrogen-bond acceptors (Lipinski definition) is 7. The Kier molecular flexibility index (Phi) is 6.80. The molecule has 1 N–H and O–H groups in total. The number of amides is 1. The fourth-order valence-electron chi connectivity index (χ4n) is 3.69. The lowest BCUT2D eigenvalue weighted by atomic mass is 10.1. The Morgan fingerprint density at radius 2 is 1.92 bits per heavy atom. The number of ether oxygens (including phenoxy) is 1. The van der Waals surface area contributed by atoms with Crippen molar-refractivity contribution in [1.29, 1.82) is 0 Å². The Morgan fingerprint density at radius 3 is 2.58 bits per heavy atom. The largest absolute Gasteiger partial charge is 0.457 e. The number of anilines is 1. The SMILES string of the molecule is Cc1ccc(C)c(Oc2cc(NC(=O)c3noc(C)c3Cn3nc(C)c(Cl)c3C)cc([N+](=O)[O-])c2)c1. The van der Waals surface area contributed by atoms with Gasteiger partial charge in [0.2, 0.25) is 0 Å². The van der Waals surface area contributed by atoms with E-state index in [1.54, 1.807) is 18.5 Å². The first-order chi connectivity index (χ1) is 17.0. The number of halogens is 1. The summed E-state index contributed by atoms with van der Waals surface area (Å²) in [6.07, 6.45) is 0. The van der Waals surface area contributed by atoms with Crippen LogP contribution in [0.3, 0.4) is 0 Å². The molecule has 0 fully saturated rings. The quantitative estimate of drug-likeness (QED) is 0.237. The molecule has 0 aliphatic rings. The minimum atomic E-state index is -0.590. The molecule has 186 valence electrons.